The zero-order chi connectivity index (χ0) is 14.8. The lowest BCUT2D eigenvalue weighted by molar-refractivity contribution is 0.0373. The number of hydrogen-bond acceptors (Lipinski definition) is 4. The van der Waals surface area contributed by atoms with Crippen LogP contribution in [-0.2, 0) is 14.9 Å². The number of nitrogens with zero attached hydrogens (tertiary/aromatic N) is 1. The minimum Gasteiger partial charge on any atom is -0.379 e. The summed E-state index contributed by atoms with van der Waals surface area (Å²) in [6.07, 6.45) is 2.64. The zero-order valence-corrected chi connectivity index (χ0v) is 12.7. The van der Waals surface area contributed by atoms with Gasteiger partial charge >= 0.3 is 0 Å². The lowest BCUT2D eigenvalue weighted by Gasteiger charge is -2.26. The molecule has 1 aliphatic rings. The minimum absolute atomic E-state index is 0.0741. The molecule has 0 spiro atoms. The van der Waals surface area contributed by atoms with Crippen molar-refractivity contribution in [2.45, 2.75) is 24.7 Å². The Labute approximate surface area is 121 Å². The fourth-order valence-corrected chi connectivity index (χ4v) is 2.30. The molecule has 0 unspecified atom stereocenters. The molecule has 1 fully saturated rings. The molecule has 1 N–H and O–H groups in total. The highest BCUT2D eigenvalue weighted by Gasteiger charge is 2.08. The number of morpholine rings is 1. The third-order valence-corrected chi connectivity index (χ3v) is 3.84. The van der Waals surface area contributed by atoms with Crippen molar-refractivity contribution in [3.05, 3.63) is 30.3 Å². The number of ether oxygens (including phenoxy) is 1. The average Bonchev–Trinajstić information content (AvgIpc) is 2.47. The molecule has 6 heteroatoms. The molecule has 1 aromatic rings. The van der Waals surface area contributed by atoms with Crippen molar-refractivity contribution in [3.8, 4) is 0 Å². The van der Waals surface area contributed by atoms with E-state index >= 15 is 0 Å². The van der Waals surface area contributed by atoms with Crippen molar-refractivity contribution >= 4 is 10.1 Å². The van der Waals surface area contributed by atoms with Crippen LogP contribution in [0, 0.1) is 0 Å². The maximum atomic E-state index is 10.4. The Balaban J connectivity index is 0.000000200. The highest BCUT2D eigenvalue weighted by Crippen LogP contribution is 2.05. The molecule has 2 rings (SSSR count). The van der Waals surface area contributed by atoms with Gasteiger partial charge in [-0.3, -0.25) is 9.45 Å². The predicted molar refractivity (Wildman–Crippen MR) is 78.4 cm³/mol. The highest BCUT2D eigenvalue weighted by atomic mass is 32.2. The Morgan fingerprint density at radius 3 is 2.25 bits per heavy atom. The van der Waals surface area contributed by atoms with Gasteiger partial charge in [0.25, 0.3) is 10.1 Å². The van der Waals surface area contributed by atoms with Crippen molar-refractivity contribution in [1.82, 2.24) is 4.90 Å². The minimum atomic E-state index is -4.00. The molecule has 0 aliphatic carbocycles. The summed E-state index contributed by atoms with van der Waals surface area (Å²) in [5.41, 5.74) is 0. The van der Waals surface area contributed by atoms with Crippen molar-refractivity contribution in [1.29, 1.82) is 0 Å². The molecule has 0 radical (unpaired) electrons. The summed E-state index contributed by atoms with van der Waals surface area (Å²) < 4.78 is 34.5. The van der Waals surface area contributed by atoms with E-state index in [1.807, 2.05) is 0 Å². The Morgan fingerprint density at radius 1 is 1.20 bits per heavy atom. The first-order valence-corrected chi connectivity index (χ1v) is 8.30. The van der Waals surface area contributed by atoms with E-state index in [4.69, 9.17) is 9.29 Å². The maximum absolute atomic E-state index is 10.4. The van der Waals surface area contributed by atoms with E-state index in [-0.39, 0.29) is 4.90 Å². The fourth-order valence-electron chi connectivity index (χ4n) is 1.80. The molecule has 0 atom stereocenters. The molecule has 0 aromatic heterocycles. The van der Waals surface area contributed by atoms with Crippen LogP contribution in [0.2, 0.25) is 0 Å². The first-order valence-electron chi connectivity index (χ1n) is 6.86. The predicted octanol–water partition coefficient (Wildman–Crippen LogP) is 2.05. The van der Waals surface area contributed by atoms with Gasteiger partial charge in [-0.05, 0) is 25.1 Å². The lowest BCUT2D eigenvalue weighted by atomic mass is 10.3. The summed E-state index contributed by atoms with van der Waals surface area (Å²) in [7, 11) is -4.00. The van der Waals surface area contributed by atoms with Crippen molar-refractivity contribution < 1.29 is 17.7 Å². The molecule has 5 nitrogen and oxygen atoms in total. The second-order valence-corrected chi connectivity index (χ2v) is 6.02. The van der Waals surface area contributed by atoms with Gasteiger partial charge in [0.05, 0.1) is 18.1 Å². The fraction of sp³-hybridized carbons (Fsp3) is 0.571. The topological polar surface area (TPSA) is 66.8 Å². The quantitative estimate of drug-likeness (QED) is 0.862. The summed E-state index contributed by atoms with van der Waals surface area (Å²) in [5, 5.41) is 0. The van der Waals surface area contributed by atoms with Crippen LogP contribution in [0.1, 0.15) is 19.8 Å². The smallest absolute Gasteiger partial charge is 0.294 e. The van der Waals surface area contributed by atoms with Crippen LogP contribution in [0.25, 0.3) is 0 Å². The van der Waals surface area contributed by atoms with Crippen LogP contribution in [0.3, 0.4) is 0 Å². The first-order chi connectivity index (χ1) is 9.54. The van der Waals surface area contributed by atoms with Crippen molar-refractivity contribution in [3.63, 3.8) is 0 Å². The molecule has 0 saturated carbocycles. The second-order valence-electron chi connectivity index (χ2n) is 4.60. The maximum Gasteiger partial charge on any atom is 0.294 e. The molecule has 1 aromatic carbocycles. The molecule has 1 aliphatic heterocycles. The SMILES string of the molecule is CCCCN1CCOCC1.O=S(=O)(O)c1ccccc1. The van der Waals surface area contributed by atoms with E-state index in [1.165, 1.54) is 31.5 Å². The number of unbranched alkanes of at least 4 members (excludes halogenated alkanes) is 1. The lowest BCUT2D eigenvalue weighted by Crippen LogP contribution is -2.36. The Morgan fingerprint density at radius 2 is 1.80 bits per heavy atom. The van der Waals surface area contributed by atoms with E-state index in [2.05, 4.69) is 11.8 Å². The Bertz CT molecular complexity index is 455. The Kier molecular flexibility index (Phi) is 7.76. The van der Waals surface area contributed by atoms with Crippen LogP contribution in [0.5, 0.6) is 0 Å². The summed E-state index contributed by atoms with van der Waals surface area (Å²) in [6.45, 7) is 7.65. The third kappa shape index (κ3) is 7.00. The van der Waals surface area contributed by atoms with Gasteiger partial charge in [-0.1, -0.05) is 31.5 Å². The molecule has 0 bridgehead atoms. The van der Waals surface area contributed by atoms with Crippen LogP contribution in [-0.4, -0.2) is 50.7 Å². The molecule has 20 heavy (non-hydrogen) atoms. The molecule has 1 saturated heterocycles. The Hall–Kier alpha value is -0.950. The molecule has 114 valence electrons. The largest absolute Gasteiger partial charge is 0.379 e. The van der Waals surface area contributed by atoms with Gasteiger partial charge < -0.3 is 4.74 Å². The normalized spacial score (nSPS) is 16.3. The van der Waals surface area contributed by atoms with Crippen LogP contribution < -0.4 is 0 Å². The molecule has 1 heterocycles. The number of rotatable bonds is 4. The molecular formula is C14H23NO4S. The van der Waals surface area contributed by atoms with Gasteiger partial charge in [-0.15, -0.1) is 0 Å². The molecule has 0 amide bonds. The third-order valence-electron chi connectivity index (χ3n) is 2.97. The zero-order valence-electron chi connectivity index (χ0n) is 11.9. The summed E-state index contributed by atoms with van der Waals surface area (Å²) >= 11 is 0. The van der Waals surface area contributed by atoms with Gasteiger partial charge in [0.15, 0.2) is 0 Å². The monoisotopic (exact) mass is 301 g/mol. The first kappa shape index (κ1) is 17.1. The van der Waals surface area contributed by atoms with E-state index in [9.17, 15) is 8.42 Å². The van der Waals surface area contributed by atoms with Gasteiger partial charge in [0, 0.05) is 13.1 Å². The van der Waals surface area contributed by atoms with Crippen molar-refractivity contribution in [2.75, 3.05) is 32.8 Å². The van der Waals surface area contributed by atoms with Crippen LogP contribution in [0.15, 0.2) is 35.2 Å². The van der Waals surface area contributed by atoms with Gasteiger partial charge in [-0.2, -0.15) is 8.42 Å². The van der Waals surface area contributed by atoms with E-state index in [0.717, 1.165) is 26.3 Å². The van der Waals surface area contributed by atoms with Crippen LogP contribution >= 0.6 is 0 Å². The van der Waals surface area contributed by atoms with Crippen molar-refractivity contribution in [2.24, 2.45) is 0 Å². The van der Waals surface area contributed by atoms with E-state index in [1.54, 1.807) is 18.2 Å². The van der Waals surface area contributed by atoms with Gasteiger partial charge in [0.2, 0.25) is 0 Å². The van der Waals surface area contributed by atoms with E-state index < -0.39 is 10.1 Å². The molecular weight excluding hydrogens is 278 g/mol. The number of hydrogen-bond donors (Lipinski definition) is 1. The number of benzene rings is 1. The van der Waals surface area contributed by atoms with E-state index in [0.29, 0.717) is 0 Å². The second kappa shape index (κ2) is 9.07. The van der Waals surface area contributed by atoms with Crippen LogP contribution in [0.4, 0.5) is 0 Å². The summed E-state index contributed by atoms with van der Waals surface area (Å²) in [6, 6.07) is 7.42. The average molecular weight is 301 g/mol. The summed E-state index contributed by atoms with van der Waals surface area (Å²) in [4.78, 5) is 2.41. The van der Waals surface area contributed by atoms with Gasteiger partial charge in [0.1, 0.15) is 0 Å². The van der Waals surface area contributed by atoms with Gasteiger partial charge in [-0.25, -0.2) is 0 Å². The highest BCUT2D eigenvalue weighted by molar-refractivity contribution is 7.85. The standard InChI is InChI=1S/C8H17NO.C6H6O3S/c1-2-3-4-9-5-7-10-8-6-9;7-10(8,9)6-4-2-1-3-5-6/h2-8H2,1H3;1-5H,(H,7,8,9). The summed E-state index contributed by atoms with van der Waals surface area (Å²) in [5.74, 6) is 0.